The molecule has 38 heavy (non-hydrogen) atoms. The number of nitrogens with one attached hydrogen (secondary N) is 3. The number of benzene rings is 3. The van der Waals surface area contributed by atoms with Crippen LogP contribution < -0.4 is 25.4 Å². The van der Waals surface area contributed by atoms with Gasteiger partial charge in [-0.25, -0.2) is 0 Å². The largest absolute Gasteiger partial charge is 0.497 e. The summed E-state index contributed by atoms with van der Waals surface area (Å²) in [6.07, 6.45) is -3.92. The van der Waals surface area contributed by atoms with Gasteiger partial charge < -0.3 is 20.1 Å². The summed E-state index contributed by atoms with van der Waals surface area (Å²) in [4.78, 5) is 13.4. The quantitative estimate of drug-likeness (QED) is 0.272. The van der Waals surface area contributed by atoms with Gasteiger partial charge in [0, 0.05) is 18.7 Å². The van der Waals surface area contributed by atoms with Crippen molar-refractivity contribution in [3.8, 4) is 11.5 Å². The lowest BCUT2D eigenvalue weighted by molar-refractivity contribution is -0.161. The number of amides is 1. The van der Waals surface area contributed by atoms with Crippen molar-refractivity contribution in [2.24, 2.45) is 0 Å². The Labute approximate surface area is 221 Å². The molecule has 0 fully saturated rings. The molecule has 6 nitrogen and oxygen atoms in total. The van der Waals surface area contributed by atoms with Gasteiger partial charge >= 0.3 is 6.18 Å². The minimum atomic E-state index is -4.59. The van der Waals surface area contributed by atoms with E-state index in [2.05, 4.69) is 16.0 Å². The van der Waals surface area contributed by atoms with Gasteiger partial charge in [-0.3, -0.25) is 10.1 Å². The lowest BCUT2D eigenvalue weighted by Gasteiger charge is -2.29. The number of rotatable bonds is 13. The van der Waals surface area contributed by atoms with Crippen molar-refractivity contribution >= 4 is 11.6 Å². The van der Waals surface area contributed by atoms with Gasteiger partial charge in [-0.1, -0.05) is 67.6 Å². The Morgan fingerprint density at radius 2 is 1.58 bits per heavy atom. The summed E-state index contributed by atoms with van der Waals surface area (Å²) in [6.45, 7) is 2.25. The molecule has 3 aromatic carbocycles. The third-order valence-corrected chi connectivity index (χ3v) is 6.21. The van der Waals surface area contributed by atoms with Gasteiger partial charge in [-0.2, -0.15) is 13.2 Å². The average molecular weight is 530 g/mol. The zero-order valence-corrected chi connectivity index (χ0v) is 21.7. The fraction of sp³-hybridized carbons (Fsp3) is 0.345. The highest BCUT2D eigenvalue weighted by Crippen LogP contribution is 2.33. The predicted molar refractivity (Wildman–Crippen MR) is 143 cm³/mol. The summed E-state index contributed by atoms with van der Waals surface area (Å²) in [5, 5.41) is 8.79. The van der Waals surface area contributed by atoms with Gasteiger partial charge in [0.1, 0.15) is 17.5 Å². The second-order valence-electron chi connectivity index (χ2n) is 8.86. The van der Waals surface area contributed by atoms with Crippen LogP contribution >= 0.6 is 0 Å². The first kappa shape index (κ1) is 28.8. The SMILES string of the molecule is CC[C@@H](CNc1ccc(OC)cc1OC)NC(=O)[C@H](Cc1ccccc1)N[C@@H](c1ccccc1)C(F)(F)F. The molecule has 204 valence electrons. The van der Waals surface area contributed by atoms with Crippen LogP contribution in [0.4, 0.5) is 18.9 Å². The van der Waals surface area contributed by atoms with Crippen LogP contribution in [-0.2, 0) is 11.2 Å². The molecule has 0 bridgehead atoms. The second-order valence-corrected chi connectivity index (χ2v) is 8.86. The first-order valence-corrected chi connectivity index (χ1v) is 12.4. The van der Waals surface area contributed by atoms with Gasteiger partial charge in [-0.15, -0.1) is 0 Å². The molecule has 0 spiro atoms. The topological polar surface area (TPSA) is 71.6 Å². The van der Waals surface area contributed by atoms with E-state index >= 15 is 0 Å². The van der Waals surface area contributed by atoms with Crippen molar-refractivity contribution in [2.45, 2.75) is 44.1 Å². The molecule has 3 N–H and O–H groups in total. The van der Waals surface area contributed by atoms with E-state index in [0.29, 0.717) is 30.2 Å². The Kier molecular flexibility index (Phi) is 10.4. The number of anilines is 1. The molecule has 3 aromatic rings. The fourth-order valence-electron chi connectivity index (χ4n) is 4.08. The van der Waals surface area contributed by atoms with Crippen LogP contribution in [0.5, 0.6) is 11.5 Å². The van der Waals surface area contributed by atoms with Crippen LogP contribution in [0.3, 0.4) is 0 Å². The third kappa shape index (κ3) is 8.14. The Morgan fingerprint density at radius 3 is 2.16 bits per heavy atom. The minimum Gasteiger partial charge on any atom is -0.497 e. The van der Waals surface area contributed by atoms with Crippen LogP contribution in [0.1, 0.15) is 30.5 Å². The number of carbonyl (C=O) groups excluding carboxylic acids is 1. The molecule has 1 amide bonds. The molecule has 0 aliphatic rings. The molecule has 3 rings (SSSR count). The highest BCUT2D eigenvalue weighted by atomic mass is 19.4. The Balaban J connectivity index is 1.78. The van der Waals surface area contributed by atoms with E-state index in [1.54, 1.807) is 74.9 Å². The summed E-state index contributed by atoms with van der Waals surface area (Å²) in [6, 6.07) is 18.4. The molecular formula is C29H34F3N3O3. The van der Waals surface area contributed by atoms with Crippen molar-refractivity contribution in [3.05, 3.63) is 90.0 Å². The van der Waals surface area contributed by atoms with E-state index in [1.807, 2.05) is 13.0 Å². The van der Waals surface area contributed by atoms with Crippen LogP contribution in [-0.4, -0.2) is 44.9 Å². The van der Waals surface area contributed by atoms with Gasteiger partial charge in [0.15, 0.2) is 0 Å². The van der Waals surface area contributed by atoms with Crippen molar-refractivity contribution in [3.63, 3.8) is 0 Å². The number of hydrogen-bond donors (Lipinski definition) is 3. The first-order chi connectivity index (χ1) is 18.2. The lowest BCUT2D eigenvalue weighted by Crippen LogP contribution is -2.53. The normalized spacial score (nSPS) is 13.7. The smallest absolute Gasteiger partial charge is 0.407 e. The number of ether oxygens (including phenoxy) is 2. The lowest BCUT2D eigenvalue weighted by atomic mass is 10.0. The van der Waals surface area contributed by atoms with Crippen LogP contribution in [0.15, 0.2) is 78.9 Å². The summed E-state index contributed by atoms with van der Waals surface area (Å²) in [5.74, 6) is 0.708. The van der Waals surface area contributed by atoms with Gasteiger partial charge in [0.2, 0.25) is 5.91 Å². The molecule has 0 aliphatic heterocycles. The standard InChI is InChI=1S/C29H34F3N3O3/c1-4-22(19-33-24-16-15-23(37-2)18-26(24)38-3)34-28(36)25(17-20-11-7-5-8-12-20)35-27(29(30,31)32)21-13-9-6-10-14-21/h5-16,18,22,25,27,33,35H,4,17,19H2,1-3H3,(H,34,36)/t22-,25-,27-/m0/s1. The van der Waals surface area contributed by atoms with Crippen molar-refractivity contribution in [1.29, 1.82) is 0 Å². The molecule has 3 atom stereocenters. The third-order valence-electron chi connectivity index (χ3n) is 6.21. The fourth-order valence-corrected chi connectivity index (χ4v) is 4.08. The summed E-state index contributed by atoms with van der Waals surface area (Å²) in [7, 11) is 3.11. The van der Waals surface area contributed by atoms with E-state index < -0.39 is 24.2 Å². The van der Waals surface area contributed by atoms with E-state index in [4.69, 9.17) is 9.47 Å². The maximum absolute atomic E-state index is 14.1. The highest BCUT2D eigenvalue weighted by molar-refractivity contribution is 5.82. The predicted octanol–water partition coefficient (Wildman–Crippen LogP) is 5.52. The van der Waals surface area contributed by atoms with E-state index in [1.165, 1.54) is 12.1 Å². The molecule has 0 radical (unpaired) electrons. The van der Waals surface area contributed by atoms with Gasteiger partial charge in [0.05, 0.1) is 25.9 Å². The zero-order chi connectivity index (χ0) is 27.5. The summed E-state index contributed by atoms with van der Waals surface area (Å²) in [5.41, 5.74) is 1.51. The summed E-state index contributed by atoms with van der Waals surface area (Å²) < 4.78 is 53.0. The number of hydrogen-bond acceptors (Lipinski definition) is 5. The van der Waals surface area contributed by atoms with E-state index in [0.717, 1.165) is 5.56 Å². The molecule has 0 saturated carbocycles. The Morgan fingerprint density at radius 1 is 0.921 bits per heavy atom. The van der Waals surface area contributed by atoms with Gasteiger partial charge in [0.25, 0.3) is 0 Å². The molecular weight excluding hydrogens is 495 g/mol. The van der Waals surface area contributed by atoms with E-state index in [9.17, 15) is 18.0 Å². The maximum Gasteiger partial charge on any atom is 0.407 e. The van der Waals surface area contributed by atoms with Crippen molar-refractivity contribution < 1.29 is 27.4 Å². The minimum absolute atomic E-state index is 0.0474. The number of carbonyl (C=O) groups is 1. The maximum atomic E-state index is 14.1. The van der Waals surface area contributed by atoms with Crippen LogP contribution in [0.25, 0.3) is 0 Å². The average Bonchev–Trinajstić information content (AvgIpc) is 2.93. The van der Waals surface area contributed by atoms with E-state index in [-0.39, 0.29) is 18.0 Å². The Bertz CT molecular complexity index is 1140. The van der Waals surface area contributed by atoms with Crippen molar-refractivity contribution in [1.82, 2.24) is 10.6 Å². The van der Waals surface area contributed by atoms with Crippen LogP contribution in [0.2, 0.25) is 0 Å². The van der Waals surface area contributed by atoms with Crippen LogP contribution in [0, 0.1) is 0 Å². The monoisotopic (exact) mass is 529 g/mol. The second kappa shape index (κ2) is 13.7. The molecule has 0 saturated heterocycles. The molecule has 0 heterocycles. The highest BCUT2D eigenvalue weighted by Gasteiger charge is 2.42. The molecule has 0 unspecified atom stereocenters. The number of methoxy groups -OCH3 is 2. The zero-order valence-electron chi connectivity index (χ0n) is 21.7. The number of halogens is 3. The number of alkyl halides is 3. The summed E-state index contributed by atoms with van der Waals surface area (Å²) >= 11 is 0. The molecule has 0 aromatic heterocycles. The molecule has 0 aliphatic carbocycles. The Hall–Kier alpha value is -3.72. The van der Waals surface area contributed by atoms with Gasteiger partial charge in [-0.05, 0) is 36.1 Å². The molecule has 9 heteroatoms. The first-order valence-electron chi connectivity index (χ1n) is 12.4. The van der Waals surface area contributed by atoms with Crippen molar-refractivity contribution in [2.75, 3.05) is 26.1 Å².